The Bertz CT molecular complexity index is 1750. The van der Waals surface area contributed by atoms with E-state index in [0.717, 1.165) is 96.3 Å². The summed E-state index contributed by atoms with van der Waals surface area (Å²) >= 11 is 0. The summed E-state index contributed by atoms with van der Waals surface area (Å²) in [5.41, 5.74) is 0. The Morgan fingerprint density at radius 3 is 1.44 bits per heavy atom. The van der Waals surface area contributed by atoms with E-state index in [1.54, 1.807) is 0 Å². The maximum Gasteiger partial charge on any atom is 1.00 e. The number of nitrogens with one attached hydrogen (secondary N) is 1. The van der Waals surface area contributed by atoms with E-state index >= 15 is 0 Å². The number of nitrogens with zero attached hydrogens (tertiary/aromatic N) is 1. The van der Waals surface area contributed by atoms with Gasteiger partial charge in [0.25, 0.3) is 20.2 Å². The number of esters is 2. The van der Waals surface area contributed by atoms with Crippen molar-refractivity contribution >= 4 is 55.9 Å². The second kappa shape index (κ2) is 49.9. The van der Waals surface area contributed by atoms with E-state index in [1.807, 2.05) is 6.08 Å². The minimum atomic E-state index is -4.95. The Morgan fingerprint density at radius 2 is 1.00 bits per heavy atom. The predicted molar refractivity (Wildman–Crippen MR) is 261 cm³/mol. The molecule has 4 atom stereocenters. The third kappa shape index (κ3) is 50.2. The Kier molecular flexibility index (Phi) is 53.0. The number of amides is 1. The van der Waals surface area contributed by atoms with Gasteiger partial charge >= 0.3 is 77.0 Å². The molecule has 1 amide bonds. The number of hydrogen-bond donors (Lipinski definition) is 6. The molecule has 0 saturated carbocycles. The van der Waals surface area contributed by atoms with Crippen molar-refractivity contribution in [3.8, 4) is 0 Å². The summed E-state index contributed by atoms with van der Waals surface area (Å²) in [5, 5.41) is 48.7. The zero-order valence-electron chi connectivity index (χ0n) is 43.6. The molecule has 24 heteroatoms. The average molecular weight is 1090 g/mol. The molecule has 0 rings (SSSR count). The van der Waals surface area contributed by atoms with Crippen LogP contribution in [-0.2, 0) is 53.7 Å². The van der Waals surface area contributed by atoms with Crippen LogP contribution in [0, 0.1) is 0 Å². The van der Waals surface area contributed by atoms with Gasteiger partial charge in [-0.05, 0) is 76.5 Å². The molecule has 6 N–H and O–H groups in total. The maximum atomic E-state index is 11.8. The number of aliphatic carboxylic acids is 2. The molecule has 0 aliphatic carbocycles. The molecule has 0 bridgehead atoms. The molecular formula is C48H84N2Na2O18S2. The first-order chi connectivity index (χ1) is 33.1. The van der Waals surface area contributed by atoms with Gasteiger partial charge in [-0.1, -0.05) is 128 Å². The van der Waals surface area contributed by atoms with Crippen LogP contribution in [0.2, 0.25) is 0 Å². The van der Waals surface area contributed by atoms with E-state index in [4.69, 9.17) is 14.2 Å². The number of aliphatic hydroxyl groups excluding tert-OH is 2. The number of hydrogen-bond acceptors (Lipinski definition) is 16. The Balaban J connectivity index is -0.000000625. The van der Waals surface area contributed by atoms with Crippen molar-refractivity contribution in [3.63, 3.8) is 0 Å². The van der Waals surface area contributed by atoms with Crippen molar-refractivity contribution in [2.45, 2.75) is 216 Å². The topological polar surface area (TPSA) is 344 Å². The number of unbranched alkanes of at least 4 members (excludes halogenated alkanes) is 16. The maximum absolute atomic E-state index is 11.8. The zero-order chi connectivity index (χ0) is 53.1. The van der Waals surface area contributed by atoms with Crippen molar-refractivity contribution < 1.29 is 144 Å². The zero-order valence-corrected chi connectivity index (χ0v) is 49.2. The number of rotatable bonds is 44. The number of ether oxygens (including phenoxy) is 2. The normalized spacial score (nSPS) is 13.4. The Hall–Kier alpha value is -1.96. The van der Waals surface area contributed by atoms with E-state index < -0.39 is 74.1 Å². The summed E-state index contributed by atoms with van der Waals surface area (Å²) in [7, 11) is -9.86. The molecule has 0 aromatic rings. The van der Waals surface area contributed by atoms with E-state index in [0.29, 0.717) is 25.7 Å². The molecule has 0 radical (unpaired) electrons. The van der Waals surface area contributed by atoms with Gasteiger partial charge in [0.1, 0.15) is 13.2 Å². The van der Waals surface area contributed by atoms with Crippen molar-refractivity contribution in [2.24, 2.45) is 4.99 Å². The van der Waals surface area contributed by atoms with Gasteiger partial charge in [-0.3, -0.25) is 28.3 Å². The fourth-order valence-electron chi connectivity index (χ4n) is 6.68. The standard InChI is InChI=1S/2C24H43NO9S.2Na/c2*1-2-3-4-11-14-20(26)15-12-9-7-5-6-8-10-13-16-22(27)25-17-18-34-24(30)21(19-23(28)29)35(31,32)33;;/h2*9,12,20-21,26H,2-8,10-11,13-19H2,1H3,(H,25,27)(H,28,29)(H,31,32,33);;/q;;2*+1/p-2. The minimum Gasteiger partial charge on any atom is -0.862 e. The van der Waals surface area contributed by atoms with Crippen LogP contribution >= 0.6 is 0 Å². The minimum absolute atomic E-state index is 0. The van der Waals surface area contributed by atoms with Crippen molar-refractivity contribution in [2.75, 3.05) is 26.3 Å². The second-order valence-electron chi connectivity index (χ2n) is 17.2. The summed E-state index contributed by atoms with van der Waals surface area (Å²) in [4.78, 5) is 59.9. The van der Waals surface area contributed by atoms with Crippen LogP contribution < -0.4 is 74.6 Å². The molecule has 0 aromatic carbocycles. The molecule has 0 spiro atoms. The molecule has 0 aliphatic heterocycles. The molecule has 20 nitrogen and oxygen atoms in total. The molecule has 0 aromatic heterocycles. The second-order valence-corrected chi connectivity index (χ2v) is 20.4. The van der Waals surface area contributed by atoms with Crippen LogP contribution in [0.25, 0.3) is 0 Å². The van der Waals surface area contributed by atoms with E-state index in [9.17, 15) is 61.2 Å². The average Bonchev–Trinajstić information content (AvgIpc) is 3.28. The Labute approximate surface area is 473 Å². The number of allylic oxidation sites excluding steroid dienone is 2. The van der Waals surface area contributed by atoms with Gasteiger partial charge in [-0.2, -0.15) is 16.8 Å². The van der Waals surface area contributed by atoms with Gasteiger partial charge < -0.3 is 50.1 Å². The summed E-state index contributed by atoms with van der Waals surface area (Å²) < 4.78 is 71.4. The summed E-state index contributed by atoms with van der Waals surface area (Å²) in [5.74, 6) is -6.81. The SMILES string of the molecule is CCCCCCC(O)CC=CCCCCCCCC(=O)NCCOC(=O)C(CC(=O)O)S(=O)(=O)O.CCCCCCC(O)CC=CCCCCCCCC([O-])=NCCOC(=O)C(CC(=O)[O-])S(=O)(=O)O.[Na+].[Na+]. The number of aliphatic hydroxyl groups is 2. The Morgan fingerprint density at radius 1 is 0.583 bits per heavy atom. The van der Waals surface area contributed by atoms with Crippen LogP contribution in [0.15, 0.2) is 29.3 Å². The van der Waals surface area contributed by atoms with Gasteiger partial charge in [-0.15, -0.1) is 0 Å². The fourth-order valence-corrected chi connectivity index (χ4v) is 8.00. The van der Waals surface area contributed by atoms with Gasteiger partial charge in [0, 0.05) is 18.8 Å². The van der Waals surface area contributed by atoms with Crippen LogP contribution in [-0.4, -0.2) is 126 Å². The van der Waals surface area contributed by atoms with Crippen LogP contribution in [0.4, 0.5) is 0 Å². The fraction of sp³-hybridized carbons (Fsp3) is 0.792. The van der Waals surface area contributed by atoms with Crippen molar-refractivity contribution in [3.05, 3.63) is 24.3 Å². The molecule has 72 heavy (non-hydrogen) atoms. The summed E-state index contributed by atoms with van der Waals surface area (Å²) in [6.45, 7) is 3.36. The van der Waals surface area contributed by atoms with E-state index in [2.05, 4.69) is 51.9 Å². The van der Waals surface area contributed by atoms with Gasteiger partial charge in [0.2, 0.25) is 5.91 Å². The molecule has 0 aliphatic rings. The third-order valence-corrected chi connectivity index (χ3v) is 12.9. The first kappa shape index (κ1) is 76.5. The first-order valence-electron chi connectivity index (χ1n) is 25.0. The van der Waals surface area contributed by atoms with Gasteiger partial charge in [0.15, 0.2) is 10.5 Å². The first-order valence-corrected chi connectivity index (χ1v) is 28.0. The predicted octanol–water partition coefficient (Wildman–Crippen LogP) is -0.914. The van der Waals surface area contributed by atoms with Crippen LogP contribution in [0.1, 0.15) is 194 Å². The monoisotopic (exact) mass is 1090 g/mol. The summed E-state index contributed by atoms with van der Waals surface area (Å²) in [6, 6.07) is 0. The third-order valence-electron chi connectivity index (χ3n) is 10.7. The molecule has 0 heterocycles. The largest absolute Gasteiger partial charge is 1.00 e. The van der Waals surface area contributed by atoms with Crippen molar-refractivity contribution in [1.82, 2.24) is 5.32 Å². The van der Waals surface area contributed by atoms with Crippen LogP contribution in [0.3, 0.4) is 0 Å². The van der Waals surface area contributed by atoms with Gasteiger partial charge in [0.05, 0.1) is 31.7 Å². The molecule has 408 valence electrons. The van der Waals surface area contributed by atoms with E-state index in [-0.39, 0.29) is 109 Å². The van der Waals surface area contributed by atoms with E-state index in [1.165, 1.54) is 38.5 Å². The number of carboxylic acid groups (broad SMARTS) is 2. The quantitative estimate of drug-likeness (QED) is 0.00818. The smallest absolute Gasteiger partial charge is 0.862 e. The van der Waals surface area contributed by atoms with Gasteiger partial charge in [-0.25, -0.2) is 0 Å². The number of carbonyl (C=O) groups excluding carboxylic acids is 4. The molecule has 0 saturated heterocycles. The number of carboxylic acids is 2. The summed E-state index contributed by atoms with van der Waals surface area (Å²) in [6.07, 6.45) is 30.0. The molecular weight excluding hydrogens is 1000 g/mol. The number of carbonyl (C=O) groups is 5. The molecule has 4 unspecified atom stereocenters. The van der Waals surface area contributed by atoms with Crippen molar-refractivity contribution in [1.29, 1.82) is 0 Å². The van der Waals surface area contributed by atoms with Crippen LogP contribution in [0.5, 0.6) is 0 Å². The molecule has 0 fully saturated rings. The number of aliphatic imine (C=N–C) groups is 1.